The smallest absolute Gasteiger partial charge is 0.253 e. The number of hydrogen-bond donors (Lipinski definition) is 2. The second kappa shape index (κ2) is 9.79. The summed E-state index contributed by atoms with van der Waals surface area (Å²) < 4.78 is 29.9. The minimum Gasteiger partial charge on any atom is -0.394 e. The van der Waals surface area contributed by atoms with Gasteiger partial charge in [0.15, 0.2) is 0 Å². The predicted octanol–water partition coefficient (Wildman–Crippen LogP) is 3.91. The standard InChI is InChI=1S/C26H26F2N4O3/c1-15-10-22(28)20(24-11-16(2)32(30-24)8-9-33)12-23(15)29-26(35)21-14-31(3)25(34)13-19(21)17-4-6-18(27)7-5-17/h4-7,10-12,14,19,33H,8-9,13H2,1-3H3,(H,29,35)/t19-/m0/s1. The highest BCUT2D eigenvalue weighted by atomic mass is 19.1. The second-order valence-corrected chi connectivity index (χ2v) is 8.62. The minimum atomic E-state index is -0.545. The number of nitrogens with one attached hydrogen (secondary N) is 1. The van der Waals surface area contributed by atoms with Gasteiger partial charge in [0.05, 0.1) is 18.8 Å². The number of carbonyl (C=O) groups is 2. The Morgan fingerprint density at radius 3 is 2.57 bits per heavy atom. The van der Waals surface area contributed by atoms with Gasteiger partial charge in [0.25, 0.3) is 5.91 Å². The van der Waals surface area contributed by atoms with E-state index in [1.165, 1.54) is 35.4 Å². The van der Waals surface area contributed by atoms with Crippen molar-refractivity contribution in [3.8, 4) is 11.3 Å². The quantitative estimate of drug-likeness (QED) is 0.560. The van der Waals surface area contributed by atoms with Gasteiger partial charge in [0.1, 0.15) is 11.6 Å². The van der Waals surface area contributed by atoms with Gasteiger partial charge in [-0.05, 0) is 55.3 Å². The third-order valence-corrected chi connectivity index (χ3v) is 6.15. The van der Waals surface area contributed by atoms with E-state index in [0.29, 0.717) is 28.1 Å². The maximum absolute atomic E-state index is 14.8. The van der Waals surface area contributed by atoms with Crippen molar-refractivity contribution in [1.82, 2.24) is 14.7 Å². The molecule has 1 aliphatic rings. The molecule has 0 spiro atoms. The number of benzene rings is 2. The Hall–Kier alpha value is -3.85. The highest BCUT2D eigenvalue weighted by Gasteiger charge is 2.31. The van der Waals surface area contributed by atoms with E-state index in [-0.39, 0.29) is 31.0 Å². The Labute approximate surface area is 201 Å². The van der Waals surface area contributed by atoms with Crippen LogP contribution >= 0.6 is 0 Å². The monoisotopic (exact) mass is 480 g/mol. The van der Waals surface area contributed by atoms with E-state index >= 15 is 0 Å². The van der Waals surface area contributed by atoms with Crippen LogP contribution in [0.15, 0.2) is 54.2 Å². The van der Waals surface area contributed by atoms with Gasteiger partial charge in [-0.3, -0.25) is 14.3 Å². The van der Waals surface area contributed by atoms with E-state index < -0.39 is 23.5 Å². The highest BCUT2D eigenvalue weighted by molar-refractivity contribution is 6.07. The molecule has 3 aromatic rings. The van der Waals surface area contributed by atoms with Crippen LogP contribution in [0.3, 0.4) is 0 Å². The Morgan fingerprint density at radius 2 is 1.89 bits per heavy atom. The van der Waals surface area contributed by atoms with E-state index in [4.69, 9.17) is 0 Å². The molecule has 9 heteroatoms. The zero-order chi connectivity index (χ0) is 25.3. The third-order valence-electron chi connectivity index (χ3n) is 6.15. The molecular weight excluding hydrogens is 454 g/mol. The molecule has 2 amide bonds. The van der Waals surface area contributed by atoms with Crippen molar-refractivity contribution in [2.45, 2.75) is 32.7 Å². The summed E-state index contributed by atoms with van der Waals surface area (Å²) in [6.07, 6.45) is 1.55. The molecule has 7 nitrogen and oxygen atoms in total. The summed E-state index contributed by atoms with van der Waals surface area (Å²) in [5, 5.41) is 16.4. The lowest BCUT2D eigenvalue weighted by Crippen LogP contribution is -2.33. The van der Waals surface area contributed by atoms with Gasteiger partial charge in [-0.25, -0.2) is 8.78 Å². The molecule has 4 rings (SSSR count). The summed E-state index contributed by atoms with van der Waals surface area (Å²) in [7, 11) is 1.57. The van der Waals surface area contributed by atoms with E-state index in [2.05, 4.69) is 10.4 Å². The summed E-state index contributed by atoms with van der Waals surface area (Å²) in [5.41, 5.74) is 3.27. The van der Waals surface area contributed by atoms with Crippen LogP contribution in [0.25, 0.3) is 11.3 Å². The SMILES string of the molecule is Cc1cc(F)c(-c2cc(C)n(CCO)n2)cc1NC(=O)C1=CN(C)C(=O)C[C@H]1c1ccc(F)cc1. The number of aromatic nitrogens is 2. The van der Waals surface area contributed by atoms with Gasteiger partial charge >= 0.3 is 0 Å². The Morgan fingerprint density at radius 1 is 1.17 bits per heavy atom. The molecule has 1 aliphatic heterocycles. The summed E-state index contributed by atoms with van der Waals surface area (Å²) in [5.74, 6) is -2.04. The fourth-order valence-corrected chi connectivity index (χ4v) is 4.17. The molecule has 35 heavy (non-hydrogen) atoms. The van der Waals surface area contributed by atoms with Gasteiger partial charge in [-0.15, -0.1) is 0 Å². The van der Waals surface area contributed by atoms with Crippen LogP contribution in [-0.2, 0) is 16.1 Å². The number of halogens is 2. The topological polar surface area (TPSA) is 87.5 Å². The fraction of sp³-hybridized carbons (Fsp3) is 0.269. The van der Waals surface area contributed by atoms with E-state index in [0.717, 1.165) is 5.69 Å². The van der Waals surface area contributed by atoms with Crippen molar-refractivity contribution in [2.75, 3.05) is 19.0 Å². The molecule has 0 radical (unpaired) electrons. The summed E-state index contributed by atoms with van der Waals surface area (Å²) >= 11 is 0. The summed E-state index contributed by atoms with van der Waals surface area (Å²) in [4.78, 5) is 27.1. The first-order valence-corrected chi connectivity index (χ1v) is 11.2. The van der Waals surface area contributed by atoms with E-state index in [9.17, 15) is 23.5 Å². The van der Waals surface area contributed by atoms with Crippen molar-refractivity contribution in [3.05, 3.63) is 82.7 Å². The summed E-state index contributed by atoms with van der Waals surface area (Å²) in [6.45, 7) is 3.68. The van der Waals surface area contributed by atoms with Crippen LogP contribution in [0.2, 0.25) is 0 Å². The largest absolute Gasteiger partial charge is 0.394 e. The summed E-state index contributed by atoms with van der Waals surface area (Å²) in [6, 6.07) is 10.3. The molecule has 0 saturated heterocycles. The first-order valence-electron chi connectivity index (χ1n) is 11.2. The molecule has 1 atom stereocenters. The molecule has 0 unspecified atom stereocenters. The number of amides is 2. The zero-order valence-electron chi connectivity index (χ0n) is 19.7. The van der Waals surface area contributed by atoms with Crippen LogP contribution in [0, 0.1) is 25.5 Å². The van der Waals surface area contributed by atoms with Crippen molar-refractivity contribution < 1.29 is 23.5 Å². The normalized spacial score (nSPS) is 15.8. The molecule has 1 aromatic heterocycles. The number of hydrogen-bond acceptors (Lipinski definition) is 4. The maximum atomic E-state index is 14.8. The first kappa shape index (κ1) is 24.3. The number of rotatable bonds is 6. The number of aryl methyl sites for hydroxylation is 2. The molecule has 2 N–H and O–H groups in total. The van der Waals surface area contributed by atoms with Crippen molar-refractivity contribution >= 4 is 17.5 Å². The molecule has 182 valence electrons. The third kappa shape index (κ3) is 5.00. The molecule has 2 heterocycles. The maximum Gasteiger partial charge on any atom is 0.253 e. The lowest BCUT2D eigenvalue weighted by Gasteiger charge is -2.28. The number of aliphatic hydroxyl groups excluding tert-OH is 1. The first-order chi connectivity index (χ1) is 16.7. The van der Waals surface area contributed by atoms with Crippen molar-refractivity contribution in [1.29, 1.82) is 0 Å². The van der Waals surface area contributed by atoms with Crippen LogP contribution in [0.4, 0.5) is 14.5 Å². The van der Waals surface area contributed by atoms with Crippen LogP contribution < -0.4 is 5.32 Å². The van der Waals surface area contributed by atoms with Gasteiger partial charge < -0.3 is 15.3 Å². The van der Waals surface area contributed by atoms with E-state index in [1.54, 1.807) is 36.9 Å². The van der Waals surface area contributed by atoms with Gasteiger partial charge in [-0.2, -0.15) is 5.10 Å². The molecule has 0 aliphatic carbocycles. The average molecular weight is 481 g/mol. The molecular formula is C26H26F2N4O3. The number of carbonyl (C=O) groups excluding carboxylic acids is 2. The van der Waals surface area contributed by atoms with Crippen molar-refractivity contribution in [3.63, 3.8) is 0 Å². The predicted molar refractivity (Wildman–Crippen MR) is 127 cm³/mol. The number of anilines is 1. The minimum absolute atomic E-state index is 0.0661. The highest BCUT2D eigenvalue weighted by Crippen LogP contribution is 2.34. The van der Waals surface area contributed by atoms with Crippen LogP contribution in [0.1, 0.15) is 29.2 Å². The van der Waals surface area contributed by atoms with Crippen molar-refractivity contribution in [2.24, 2.45) is 0 Å². The molecule has 0 saturated carbocycles. The van der Waals surface area contributed by atoms with E-state index in [1.807, 2.05) is 6.92 Å². The van der Waals surface area contributed by atoms with Crippen LogP contribution in [0.5, 0.6) is 0 Å². The Kier molecular flexibility index (Phi) is 6.79. The van der Waals surface area contributed by atoms with Gasteiger partial charge in [0, 0.05) is 48.1 Å². The Bertz CT molecular complexity index is 1310. The Balaban J connectivity index is 1.67. The fourth-order valence-electron chi connectivity index (χ4n) is 4.17. The van der Waals surface area contributed by atoms with Crippen LogP contribution in [-0.4, -0.2) is 45.3 Å². The molecule has 0 bridgehead atoms. The molecule has 0 fully saturated rings. The number of nitrogens with zero attached hydrogens (tertiary/aromatic N) is 3. The second-order valence-electron chi connectivity index (χ2n) is 8.62. The van der Waals surface area contributed by atoms with Gasteiger partial charge in [-0.1, -0.05) is 12.1 Å². The lowest BCUT2D eigenvalue weighted by atomic mass is 9.85. The van der Waals surface area contributed by atoms with Gasteiger partial charge in [0.2, 0.25) is 5.91 Å². The zero-order valence-corrected chi connectivity index (χ0v) is 19.7. The molecule has 2 aromatic carbocycles. The lowest BCUT2D eigenvalue weighted by molar-refractivity contribution is -0.128. The average Bonchev–Trinajstić information content (AvgIpc) is 3.17. The number of aliphatic hydroxyl groups is 1.